The van der Waals surface area contributed by atoms with E-state index >= 15 is 0 Å². The van der Waals surface area contributed by atoms with Gasteiger partial charge in [-0.25, -0.2) is 13.1 Å². The molecular formula is C29H34N4O6S2. The largest absolute Gasteiger partial charge is 0.388 e. The smallest absolute Gasteiger partial charge is 0.250 e. The number of allylic oxidation sites excluding steroid dienone is 1. The maximum Gasteiger partial charge on any atom is 0.250 e. The fourth-order valence-electron chi connectivity index (χ4n) is 5.11. The van der Waals surface area contributed by atoms with Gasteiger partial charge in [0.15, 0.2) is 4.91 Å². The first-order valence-electron chi connectivity index (χ1n) is 13.4. The zero-order chi connectivity index (χ0) is 29.3. The number of benzene rings is 2. The molecule has 2 aromatic carbocycles. The van der Waals surface area contributed by atoms with Gasteiger partial charge in [0.25, 0.3) is 10.0 Å². The molecule has 3 heterocycles. The first kappa shape index (κ1) is 29.6. The Morgan fingerprint density at radius 2 is 1.76 bits per heavy atom. The number of nitrogens with zero attached hydrogens (tertiary/aromatic N) is 3. The zero-order valence-corrected chi connectivity index (χ0v) is 24.5. The molecule has 1 aromatic heterocycles. The molecule has 0 amide bonds. The summed E-state index contributed by atoms with van der Waals surface area (Å²) in [5, 5.41) is 41.8. The molecule has 0 spiro atoms. The average Bonchev–Trinajstić information content (AvgIpc) is 3.44. The number of ether oxygens (including phenoxy) is 1. The molecule has 3 aromatic rings. The van der Waals surface area contributed by atoms with Gasteiger partial charge < -0.3 is 29.9 Å². The number of hydrogen-bond acceptors (Lipinski definition) is 10. The number of nitriles is 1. The van der Waals surface area contributed by atoms with Gasteiger partial charge in [-0.1, -0.05) is 18.2 Å². The summed E-state index contributed by atoms with van der Waals surface area (Å²) in [6.07, 6.45) is -4.83. The average molecular weight is 599 g/mol. The monoisotopic (exact) mass is 598 g/mol. The minimum atomic E-state index is -4.23. The van der Waals surface area contributed by atoms with Gasteiger partial charge in [0.2, 0.25) is 0 Å². The number of rotatable bonds is 7. The Bertz CT molecular complexity index is 1580. The van der Waals surface area contributed by atoms with E-state index in [0.29, 0.717) is 4.88 Å². The molecule has 0 saturated carbocycles. The van der Waals surface area contributed by atoms with Crippen LogP contribution in [0.25, 0.3) is 27.3 Å². The molecule has 12 heteroatoms. The van der Waals surface area contributed by atoms with Crippen molar-refractivity contribution in [3.8, 4) is 16.5 Å². The van der Waals surface area contributed by atoms with Crippen LogP contribution in [0.1, 0.15) is 11.8 Å². The van der Waals surface area contributed by atoms with Crippen LogP contribution in [-0.4, -0.2) is 98.9 Å². The van der Waals surface area contributed by atoms with Crippen LogP contribution in [0.3, 0.4) is 0 Å². The van der Waals surface area contributed by atoms with E-state index in [4.69, 9.17) is 4.74 Å². The van der Waals surface area contributed by atoms with Gasteiger partial charge >= 0.3 is 0 Å². The number of thiophene rings is 1. The maximum atomic E-state index is 12.9. The molecule has 5 atom stereocenters. The van der Waals surface area contributed by atoms with Crippen molar-refractivity contribution in [2.45, 2.75) is 37.4 Å². The van der Waals surface area contributed by atoms with Gasteiger partial charge in [0.1, 0.15) is 30.5 Å². The van der Waals surface area contributed by atoms with E-state index < -0.39 is 45.4 Å². The number of piperazine rings is 1. The van der Waals surface area contributed by atoms with E-state index in [-0.39, 0.29) is 6.54 Å². The molecular weight excluding hydrogens is 564 g/mol. The van der Waals surface area contributed by atoms with Crippen LogP contribution in [0.4, 0.5) is 5.69 Å². The number of aliphatic hydroxyl groups is 3. The lowest BCUT2D eigenvalue weighted by molar-refractivity contribution is -0.214. The van der Waals surface area contributed by atoms with Gasteiger partial charge in [0, 0.05) is 48.2 Å². The molecule has 2 saturated heterocycles. The minimum Gasteiger partial charge on any atom is -0.388 e. The van der Waals surface area contributed by atoms with E-state index in [2.05, 4.69) is 51.9 Å². The van der Waals surface area contributed by atoms with Crippen molar-refractivity contribution < 1.29 is 28.5 Å². The van der Waals surface area contributed by atoms with Crippen molar-refractivity contribution >= 4 is 43.9 Å². The fraction of sp³-hybridized carbons (Fsp3) is 0.414. The first-order chi connectivity index (χ1) is 19.6. The van der Waals surface area contributed by atoms with E-state index in [0.717, 1.165) is 47.4 Å². The van der Waals surface area contributed by atoms with Crippen molar-refractivity contribution in [3.05, 3.63) is 58.3 Å². The molecule has 4 N–H and O–H groups in total. The van der Waals surface area contributed by atoms with Crippen LogP contribution in [0.15, 0.2) is 53.4 Å². The summed E-state index contributed by atoms with van der Waals surface area (Å²) in [6, 6.07) is 18.1. The molecule has 218 valence electrons. The predicted molar refractivity (Wildman–Crippen MR) is 160 cm³/mol. The second-order valence-electron chi connectivity index (χ2n) is 10.6. The van der Waals surface area contributed by atoms with Gasteiger partial charge in [0.05, 0.1) is 6.10 Å². The van der Waals surface area contributed by atoms with Crippen LogP contribution in [0.5, 0.6) is 0 Å². The summed E-state index contributed by atoms with van der Waals surface area (Å²) < 4.78 is 33.5. The summed E-state index contributed by atoms with van der Waals surface area (Å²) in [4.78, 5) is 5.77. The van der Waals surface area contributed by atoms with E-state index in [1.807, 2.05) is 12.1 Å². The van der Waals surface area contributed by atoms with E-state index in [1.165, 1.54) is 30.0 Å². The summed E-state index contributed by atoms with van der Waals surface area (Å²) in [5.74, 6) is 0. The minimum absolute atomic E-state index is 0.375. The highest BCUT2D eigenvalue weighted by molar-refractivity contribution is 7.93. The molecule has 2 aliphatic heterocycles. The van der Waals surface area contributed by atoms with Gasteiger partial charge in [-0.3, -0.25) is 0 Å². The van der Waals surface area contributed by atoms with Crippen LogP contribution >= 0.6 is 11.3 Å². The molecule has 2 fully saturated rings. The zero-order valence-electron chi connectivity index (χ0n) is 22.8. The third-order valence-corrected chi connectivity index (χ3v) is 10.1. The van der Waals surface area contributed by atoms with Crippen LogP contribution in [0, 0.1) is 11.3 Å². The standard InChI is InChI=1S/C29H34N4O6S2/c1-18-27(34)29(36)28(35)25(39-18)17-31-41(37,38)24(16-30)15-23-7-8-26(40-23)21-4-3-20-14-22(6-5-19(20)13-21)33-11-9-32(2)10-12-33/h3-8,13-15,18,25,27-29,31,34-36H,9-12,17H2,1-2H3. The maximum absolute atomic E-state index is 12.9. The number of sulfonamides is 1. The molecule has 5 rings (SSSR count). The topological polar surface area (TPSA) is 146 Å². The lowest BCUT2D eigenvalue weighted by Crippen LogP contribution is -2.59. The molecule has 5 unspecified atom stereocenters. The van der Waals surface area contributed by atoms with Crippen molar-refractivity contribution in [1.82, 2.24) is 9.62 Å². The normalized spacial score (nSPS) is 26.3. The van der Waals surface area contributed by atoms with E-state index in [1.54, 1.807) is 12.1 Å². The SMILES string of the molecule is CC1OC(CNS(=O)(=O)C(C#N)=Cc2ccc(-c3ccc4cc(N5CCN(C)CC5)ccc4c3)s2)C(O)C(O)C1O. The van der Waals surface area contributed by atoms with Crippen LogP contribution in [0.2, 0.25) is 0 Å². The molecule has 41 heavy (non-hydrogen) atoms. The summed E-state index contributed by atoms with van der Waals surface area (Å²) in [7, 11) is -2.09. The number of aliphatic hydroxyl groups excluding tert-OH is 3. The Balaban J connectivity index is 1.29. The van der Waals surface area contributed by atoms with Crippen LogP contribution in [-0.2, 0) is 14.8 Å². The summed E-state index contributed by atoms with van der Waals surface area (Å²) in [5.41, 5.74) is 2.21. The second kappa shape index (κ2) is 12.2. The summed E-state index contributed by atoms with van der Waals surface area (Å²) >= 11 is 1.37. The van der Waals surface area contributed by atoms with Crippen molar-refractivity contribution in [1.29, 1.82) is 5.26 Å². The van der Waals surface area contributed by atoms with Crippen molar-refractivity contribution in [2.75, 3.05) is 44.7 Å². The number of anilines is 1. The Labute approximate surface area is 243 Å². The highest BCUT2D eigenvalue weighted by Gasteiger charge is 2.42. The van der Waals surface area contributed by atoms with Gasteiger partial charge in [-0.15, -0.1) is 11.3 Å². The van der Waals surface area contributed by atoms with Crippen molar-refractivity contribution in [2.24, 2.45) is 0 Å². The molecule has 0 aliphatic carbocycles. The molecule has 10 nitrogen and oxygen atoms in total. The molecule has 0 bridgehead atoms. The second-order valence-corrected chi connectivity index (χ2v) is 13.4. The molecule has 2 aliphatic rings. The predicted octanol–water partition coefficient (Wildman–Crippen LogP) is 1.97. The third-order valence-electron chi connectivity index (χ3n) is 7.70. The van der Waals surface area contributed by atoms with Gasteiger partial charge in [-0.2, -0.15) is 5.26 Å². The number of nitrogens with one attached hydrogen (secondary N) is 1. The lowest BCUT2D eigenvalue weighted by Gasteiger charge is -2.39. The summed E-state index contributed by atoms with van der Waals surface area (Å²) in [6.45, 7) is 5.24. The van der Waals surface area contributed by atoms with Crippen LogP contribution < -0.4 is 9.62 Å². The van der Waals surface area contributed by atoms with E-state index in [9.17, 15) is 29.0 Å². The Kier molecular flexibility index (Phi) is 8.79. The Hall–Kier alpha value is -2.86. The van der Waals surface area contributed by atoms with Crippen molar-refractivity contribution in [3.63, 3.8) is 0 Å². The quantitative estimate of drug-likeness (QED) is 0.300. The fourth-order valence-corrected chi connectivity index (χ4v) is 7.07. The Morgan fingerprint density at radius 3 is 2.49 bits per heavy atom. The number of likely N-dealkylation sites (N-methyl/N-ethyl adjacent to an activating group) is 1. The first-order valence-corrected chi connectivity index (χ1v) is 15.7. The highest BCUT2D eigenvalue weighted by Crippen LogP contribution is 2.33. The number of hydrogen-bond donors (Lipinski definition) is 4. The number of fused-ring (bicyclic) bond motifs is 1. The Morgan fingerprint density at radius 1 is 1.05 bits per heavy atom. The van der Waals surface area contributed by atoms with Gasteiger partial charge in [-0.05, 0) is 66.7 Å². The third kappa shape index (κ3) is 6.48. The highest BCUT2D eigenvalue weighted by atomic mass is 32.2. The lowest BCUT2D eigenvalue weighted by atomic mass is 9.96. The molecule has 0 radical (unpaired) electrons.